The van der Waals surface area contributed by atoms with E-state index in [0.29, 0.717) is 22.1 Å². The van der Waals surface area contributed by atoms with Crippen molar-refractivity contribution in [2.24, 2.45) is 7.05 Å². The van der Waals surface area contributed by atoms with E-state index >= 15 is 0 Å². The maximum Gasteiger partial charge on any atom is 0.245 e. The summed E-state index contributed by atoms with van der Waals surface area (Å²) in [4.78, 5) is 12.4. The number of amides is 1. The van der Waals surface area contributed by atoms with Crippen molar-refractivity contribution < 1.29 is 13.2 Å². The lowest BCUT2D eigenvalue weighted by molar-refractivity contribution is -0.114. The highest BCUT2D eigenvalue weighted by atomic mass is 35.5. The Labute approximate surface area is 146 Å². The standard InChI is InChI=1S/C15H19ClN4O3S/c1-10-15(11(2)19(3)18-10)17-14(21)9-20(24(4,22)23)13-7-5-6-12(16)8-13/h5-8H,9H2,1-4H3,(H,17,21). The minimum atomic E-state index is -3.64. The van der Waals surface area contributed by atoms with Crippen LogP contribution in [0.15, 0.2) is 24.3 Å². The first-order valence-corrected chi connectivity index (χ1v) is 9.35. The van der Waals surface area contributed by atoms with E-state index in [4.69, 9.17) is 11.6 Å². The summed E-state index contributed by atoms with van der Waals surface area (Å²) in [5.41, 5.74) is 2.37. The van der Waals surface area contributed by atoms with Crippen molar-refractivity contribution in [2.45, 2.75) is 13.8 Å². The van der Waals surface area contributed by atoms with Gasteiger partial charge in [0.15, 0.2) is 0 Å². The lowest BCUT2D eigenvalue weighted by Crippen LogP contribution is -2.37. The number of carbonyl (C=O) groups is 1. The second-order valence-electron chi connectivity index (χ2n) is 5.47. The highest BCUT2D eigenvalue weighted by Gasteiger charge is 2.22. The third-order valence-corrected chi connectivity index (χ3v) is 4.93. The second kappa shape index (κ2) is 6.82. The molecule has 0 spiro atoms. The molecule has 1 amide bonds. The van der Waals surface area contributed by atoms with E-state index in [1.807, 2.05) is 6.92 Å². The number of aryl methyl sites for hydroxylation is 2. The zero-order valence-electron chi connectivity index (χ0n) is 13.9. The van der Waals surface area contributed by atoms with Crippen molar-refractivity contribution in [1.82, 2.24) is 9.78 Å². The number of aromatic nitrogens is 2. The molecule has 1 heterocycles. The van der Waals surface area contributed by atoms with Crippen molar-refractivity contribution in [2.75, 3.05) is 22.4 Å². The first-order valence-electron chi connectivity index (χ1n) is 7.13. The number of nitrogens with zero attached hydrogens (tertiary/aromatic N) is 3. The molecular weight excluding hydrogens is 352 g/mol. The topological polar surface area (TPSA) is 84.3 Å². The van der Waals surface area contributed by atoms with Crippen LogP contribution >= 0.6 is 11.6 Å². The second-order valence-corrected chi connectivity index (χ2v) is 7.81. The Morgan fingerprint density at radius 3 is 2.54 bits per heavy atom. The van der Waals surface area contributed by atoms with Crippen LogP contribution in [0.4, 0.5) is 11.4 Å². The molecule has 130 valence electrons. The third-order valence-electron chi connectivity index (χ3n) is 3.56. The molecule has 2 aromatic rings. The fourth-order valence-electron chi connectivity index (χ4n) is 2.30. The molecule has 0 atom stereocenters. The van der Waals surface area contributed by atoms with Gasteiger partial charge in [0.1, 0.15) is 6.54 Å². The van der Waals surface area contributed by atoms with E-state index in [2.05, 4.69) is 10.4 Å². The molecule has 0 unspecified atom stereocenters. The molecule has 1 aromatic heterocycles. The summed E-state index contributed by atoms with van der Waals surface area (Å²) in [5.74, 6) is -0.459. The summed E-state index contributed by atoms with van der Waals surface area (Å²) in [6.07, 6.45) is 1.04. The number of rotatable bonds is 5. The molecule has 1 aromatic carbocycles. The fraction of sp³-hybridized carbons (Fsp3) is 0.333. The maximum atomic E-state index is 12.4. The number of anilines is 2. The number of hydrogen-bond acceptors (Lipinski definition) is 4. The van der Waals surface area contributed by atoms with Crippen molar-refractivity contribution >= 4 is 38.9 Å². The summed E-state index contributed by atoms with van der Waals surface area (Å²) >= 11 is 5.92. The van der Waals surface area contributed by atoms with Crippen molar-refractivity contribution in [3.63, 3.8) is 0 Å². The zero-order chi connectivity index (χ0) is 18.1. The monoisotopic (exact) mass is 370 g/mol. The van der Waals surface area contributed by atoms with Crippen LogP contribution in [-0.2, 0) is 21.9 Å². The average molecular weight is 371 g/mol. The van der Waals surface area contributed by atoms with Gasteiger partial charge >= 0.3 is 0 Å². The molecular formula is C15H19ClN4O3S. The van der Waals surface area contributed by atoms with Crippen LogP contribution < -0.4 is 9.62 Å². The largest absolute Gasteiger partial charge is 0.321 e. The summed E-state index contributed by atoms with van der Waals surface area (Å²) in [5, 5.41) is 7.33. The van der Waals surface area contributed by atoms with Crippen LogP contribution in [0.25, 0.3) is 0 Å². The van der Waals surface area contributed by atoms with Gasteiger partial charge < -0.3 is 5.32 Å². The van der Waals surface area contributed by atoms with Crippen molar-refractivity contribution in [3.8, 4) is 0 Å². The minimum absolute atomic E-state index is 0.333. The van der Waals surface area contributed by atoms with Crippen LogP contribution in [0.1, 0.15) is 11.4 Å². The van der Waals surface area contributed by atoms with Gasteiger partial charge in [0.2, 0.25) is 15.9 Å². The van der Waals surface area contributed by atoms with Crippen LogP contribution in [0.5, 0.6) is 0 Å². The minimum Gasteiger partial charge on any atom is -0.321 e. The van der Waals surface area contributed by atoms with Gasteiger partial charge in [-0.05, 0) is 32.0 Å². The Morgan fingerprint density at radius 1 is 1.38 bits per heavy atom. The summed E-state index contributed by atoms with van der Waals surface area (Å²) in [6, 6.07) is 6.34. The summed E-state index contributed by atoms with van der Waals surface area (Å²) in [7, 11) is -1.87. The van der Waals surface area contributed by atoms with Gasteiger partial charge in [-0.15, -0.1) is 0 Å². The molecule has 0 aliphatic carbocycles. The molecule has 0 saturated heterocycles. The fourth-order valence-corrected chi connectivity index (χ4v) is 3.33. The lowest BCUT2D eigenvalue weighted by Gasteiger charge is -2.22. The van der Waals surface area contributed by atoms with E-state index in [1.54, 1.807) is 36.9 Å². The first-order chi connectivity index (χ1) is 11.1. The van der Waals surface area contributed by atoms with Crippen LogP contribution in [0, 0.1) is 13.8 Å². The average Bonchev–Trinajstić information content (AvgIpc) is 2.70. The predicted octanol–water partition coefficient (Wildman–Crippen LogP) is 2.10. The van der Waals surface area contributed by atoms with E-state index < -0.39 is 15.9 Å². The van der Waals surface area contributed by atoms with E-state index in [1.165, 1.54) is 6.07 Å². The van der Waals surface area contributed by atoms with Crippen LogP contribution in [-0.4, -0.2) is 36.9 Å². The molecule has 0 bridgehead atoms. The van der Waals surface area contributed by atoms with Gasteiger partial charge in [0, 0.05) is 12.1 Å². The molecule has 2 rings (SSSR count). The van der Waals surface area contributed by atoms with Crippen LogP contribution in [0.2, 0.25) is 5.02 Å². The Balaban J connectivity index is 2.26. The molecule has 24 heavy (non-hydrogen) atoms. The zero-order valence-corrected chi connectivity index (χ0v) is 15.4. The van der Waals surface area contributed by atoms with Gasteiger partial charge in [-0.3, -0.25) is 13.8 Å². The van der Waals surface area contributed by atoms with Crippen molar-refractivity contribution in [1.29, 1.82) is 0 Å². The smallest absolute Gasteiger partial charge is 0.245 e. The van der Waals surface area contributed by atoms with E-state index in [0.717, 1.165) is 16.3 Å². The predicted molar refractivity (Wildman–Crippen MR) is 95.0 cm³/mol. The Hall–Kier alpha value is -2.06. The van der Waals surface area contributed by atoms with Gasteiger partial charge in [-0.1, -0.05) is 17.7 Å². The summed E-state index contributed by atoms with van der Waals surface area (Å²) < 4.78 is 26.8. The SMILES string of the molecule is Cc1nn(C)c(C)c1NC(=O)CN(c1cccc(Cl)c1)S(C)(=O)=O. The Bertz CT molecular complexity index is 877. The molecule has 0 fully saturated rings. The summed E-state index contributed by atoms with van der Waals surface area (Å²) in [6.45, 7) is 3.24. The number of benzene rings is 1. The molecule has 0 radical (unpaired) electrons. The number of hydrogen-bond donors (Lipinski definition) is 1. The molecule has 0 aliphatic rings. The van der Waals surface area contributed by atoms with E-state index in [9.17, 15) is 13.2 Å². The quantitative estimate of drug-likeness (QED) is 0.873. The van der Waals surface area contributed by atoms with Gasteiger partial charge in [-0.2, -0.15) is 5.10 Å². The van der Waals surface area contributed by atoms with E-state index in [-0.39, 0.29) is 6.54 Å². The third kappa shape index (κ3) is 4.07. The molecule has 7 nitrogen and oxygen atoms in total. The number of sulfonamides is 1. The van der Waals surface area contributed by atoms with Gasteiger partial charge in [-0.25, -0.2) is 8.42 Å². The number of nitrogens with one attached hydrogen (secondary N) is 1. The lowest BCUT2D eigenvalue weighted by atomic mass is 10.3. The molecule has 9 heteroatoms. The number of carbonyl (C=O) groups excluding carboxylic acids is 1. The maximum absolute atomic E-state index is 12.4. The normalized spacial score (nSPS) is 11.4. The van der Waals surface area contributed by atoms with Crippen LogP contribution in [0.3, 0.4) is 0 Å². The Morgan fingerprint density at radius 2 is 2.04 bits per heavy atom. The molecule has 0 aliphatic heterocycles. The molecule has 1 N–H and O–H groups in total. The van der Waals surface area contributed by atoms with Crippen molar-refractivity contribution in [3.05, 3.63) is 40.7 Å². The first kappa shape index (κ1) is 18.3. The highest BCUT2D eigenvalue weighted by Crippen LogP contribution is 2.22. The van der Waals surface area contributed by atoms with Gasteiger partial charge in [0.25, 0.3) is 0 Å². The highest BCUT2D eigenvalue weighted by molar-refractivity contribution is 7.92. The van der Waals surface area contributed by atoms with Gasteiger partial charge in [0.05, 0.1) is 29.0 Å². The Kier molecular flexibility index (Phi) is 5.19. The number of halogens is 1. The molecule has 0 saturated carbocycles.